The van der Waals surface area contributed by atoms with Crippen molar-refractivity contribution in [3.05, 3.63) is 0 Å². The first-order valence-electron chi connectivity index (χ1n) is 6.22. The van der Waals surface area contributed by atoms with Crippen LogP contribution in [-0.4, -0.2) is 75.7 Å². The molecule has 0 saturated carbocycles. The number of ether oxygens (including phenoxy) is 1. The lowest BCUT2D eigenvalue weighted by molar-refractivity contribution is -0.143. The van der Waals surface area contributed by atoms with E-state index in [2.05, 4.69) is 29.2 Å². The number of rotatable bonds is 5. The molecule has 1 fully saturated rings. The van der Waals surface area contributed by atoms with Crippen LogP contribution in [0.5, 0.6) is 0 Å². The lowest BCUT2D eigenvalue weighted by atomic mass is 10.0. The molecule has 17 heavy (non-hydrogen) atoms. The van der Waals surface area contributed by atoms with Gasteiger partial charge in [-0.1, -0.05) is 0 Å². The summed E-state index contributed by atoms with van der Waals surface area (Å²) in [5.74, 6) is -0.181. The normalized spacial score (nSPS) is 23.7. The summed E-state index contributed by atoms with van der Waals surface area (Å²) in [4.78, 5) is 16.1. The molecule has 0 amide bonds. The molecule has 2 unspecified atom stereocenters. The van der Waals surface area contributed by atoms with Crippen LogP contribution in [0.2, 0.25) is 0 Å². The molecular formula is C12H25N3O2. The van der Waals surface area contributed by atoms with Crippen LogP contribution in [0.3, 0.4) is 0 Å². The van der Waals surface area contributed by atoms with Gasteiger partial charge in [0.1, 0.15) is 6.04 Å². The summed E-state index contributed by atoms with van der Waals surface area (Å²) in [7, 11) is 7.47. The Morgan fingerprint density at radius 1 is 1.59 bits per heavy atom. The van der Waals surface area contributed by atoms with Gasteiger partial charge in [0.25, 0.3) is 0 Å². The van der Waals surface area contributed by atoms with Crippen molar-refractivity contribution in [1.82, 2.24) is 15.1 Å². The maximum atomic E-state index is 11.5. The van der Waals surface area contributed by atoms with Gasteiger partial charge >= 0.3 is 5.97 Å². The third kappa shape index (κ3) is 4.26. The molecule has 0 spiro atoms. The Kier molecular flexibility index (Phi) is 5.88. The average Bonchev–Trinajstić information content (AvgIpc) is 2.35. The molecule has 1 aliphatic heterocycles. The van der Waals surface area contributed by atoms with Crippen LogP contribution < -0.4 is 5.32 Å². The van der Waals surface area contributed by atoms with E-state index < -0.39 is 0 Å². The van der Waals surface area contributed by atoms with E-state index in [0.717, 1.165) is 19.6 Å². The van der Waals surface area contributed by atoms with Crippen LogP contribution in [0.15, 0.2) is 0 Å². The molecule has 0 aromatic heterocycles. The molecule has 1 heterocycles. The standard InChI is InChI=1S/C12H25N3O2/c1-13-11(12(16)17-4)9-15-7-5-6-10(8-15)14(2)3/h10-11,13H,5-9H2,1-4H3. The van der Waals surface area contributed by atoms with Crippen LogP contribution in [0.4, 0.5) is 0 Å². The van der Waals surface area contributed by atoms with E-state index in [1.165, 1.54) is 20.0 Å². The Bertz CT molecular complexity index is 246. The minimum Gasteiger partial charge on any atom is -0.468 e. The summed E-state index contributed by atoms with van der Waals surface area (Å²) >= 11 is 0. The number of nitrogens with zero attached hydrogens (tertiary/aromatic N) is 2. The Hall–Kier alpha value is -0.650. The zero-order valence-corrected chi connectivity index (χ0v) is 11.4. The highest BCUT2D eigenvalue weighted by molar-refractivity contribution is 5.75. The van der Waals surface area contributed by atoms with Crippen molar-refractivity contribution in [3.63, 3.8) is 0 Å². The monoisotopic (exact) mass is 243 g/mol. The van der Waals surface area contributed by atoms with Gasteiger partial charge in [0.05, 0.1) is 7.11 Å². The summed E-state index contributed by atoms with van der Waals surface area (Å²) in [5, 5.41) is 3.01. The second-order valence-electron chi connectivity index (χ2n) is 4.88. The number of methoxy groups -OCH3 is 1. The topological polar surface area (TPSA) is 44.8 Å². The molecule has 5 nitrogen and oxygen atoms in total. The van der Waals surface area contributed by atoms with Gasteiger partial charge in [-0.3, -0.25) is 9.69 Å². The maximum Gasteiger partial charge on any atom is 0.324 e. The van der Waals surface area contributed by atoms with E-state index in [4.69, 9.17) is 4.74 Å². The number of likely N-dealkylation sites (N-methyl/N-ethyl adjacent to an activating group) is 2. The molecular weight excluding hydrogens is 218 g/mol. The summed E-state index contributed by atoms with van der Waals surface area (Å²) < 4.78 is 4.78. The summed E-state index contributed by atoms with van der Waals surface area (Å²) in [6.07, 6.45) is 2.44. The maximum absolute atomic E-state index is 11.5. The molecule has 5 heteroatoms. The zero-order chi connectivity index (χ0) is 12.8. The Labute approximate surface area is 104 Å². The minimum atomic E-state index is -0.221. The largest absolute Gasteiger partial charge is 0.468 e. The molecule has 2 atom stereocenters. The molecule has 0 radical (unpaired) electrons. The second-order valence-corrected chi connectivity index (χ2v) is 4.88. The fourth-order valence-corrected chi connectivity index (χ4v) is 2.30. The fourth-order valence-electron chi connectivity index (χ4n) is 2.30. The van der Waals surface area contributed by atoms with Gasteiger partial charge in [0, 0.05) is 19.1 Å². The van der Waals surface area contributed by atoms with E-state index >= 15 is 0 Å². The van der Waals surface area contributed by atoms with Gasteiger partial charge in [-0.2, -0.15) is 0 Å². The third-order valence-corrected chi connectivity index (χ3v) is 3.49. The van der Waals surface area contributed by atoms with Gasteiger partial charge in [0.15, 0.2) is 0 Å². The van der Waals surface area contributed by atoms with Gasteiger partial charge in [0.2, 0.25) is 0 Å². The third-order valence-electron chi connectivity index (χ3n) is 3.49. The Balaban J connectivity index is 2.46. The van der Waals surface area contributed by atoms with Crippen LogP contribution in [-0.2, 0) is 9.53 Å². The lowest BCUT2D eigenvalue weighted by Gasteiger charge is -2.37. The van der Waals surface area contributed by atoms with E-state index in [1.54, 1.807) is 7.05 Å². The molecule has 0 aromatic rings. The highest BCUT2D eigenvalue weighted by Crippen LogP contribution is 2.13. The molecule has 0 bridgehead atoms. The van der Waals surface area contributed by atoms with E-state index in [0.29, 0.717) is 6.04 Å². The summed E-state index contributed by atoms with van der Waals surface area (Å²) in [5.41, 5.74) is 0. The number of esters is 1. The molecule has 1 saturated heterocycles. The smallest absolute Gasteiger partial charge is 0.324 e. The molecule has 1 N–H and O–H groups in total. The second kappa shape index (κ2) is 6.93. The SMILES string of the molecule is CNC(CN1CCCC(N(C)C)C1)C(=O)OC. The number of hydrogen-bond acceptors (Lipinski definition) is 5. The molecule has 100 valence electrons. The number of likely N-dealkylation sites (tertiary alicyclic amines) is 1. The van der Waals surface area contributed by atoms with Gasteiger partial charge < -0.3 is 15.0 Å². The van der Waals surface area contributed by atoms with E-state index in [-0.39, 0.29) is 12.0 Å². The first-order valence-corrected chi connectivity index (χ1v) is 6.22. The molecule has 1 rings (SSSR count). The predicted octanol–water partition coefficient (Wildman–Crippen LogP) is -0.227. The molecule has 0 aromatic carbocycles. The zero-order valence-electron chi connectivity index (χ0n) is 11.4. The Morgan fingerprint density at radius 2 is 2.29 bits per heavy atom. The van der Waals surface area contributed by atoms with Crippen molar-refractivity contribution >= 4 is 5.97 Å². The van der Waals surface area contributed by atoms with Crippen molar-refractivity contribution in [2.45, 2.75) is 24.9 Å². The fraction of sp³-hybridized carbons (Fsp3) is 0.917. The number of hydrogen-bond donors (Lipinski definition) is 1. The number of carbonyl (C=O) groups is 1. The van der Waals surface area contributed by atoms with E-state index in [1.807, 2.05) is 0 Å². The van der Waals surface area contributed by atoms with Crippen molar-refractivity contribution < 1.29 is 9.53 Å². The highest BCUT2D eigenvalue weighted by Gasteiger charge is 2.26. The highest BCUT2D eigenvalue weighted by atomic mass is 16.5. The van der Waals surface area contributed by atoms with Crippen molar-refractivity contribution in [3.8, 4) is 0 Å². The first-order chi connectivity index (χ1) is 8.08. The number of piperidine rings is 1. The van der Waals surface area contributed by atoms with Crippen LogP contribution in [0.1, 0.15) is 12.8 Å². The van der Waals surface area contributed by atoms with Crippen LogP contribution in [0, 0.1) is 0 Å². The first kappa shape index (κ1) is 14.4. The average molecular weight is 243 g/mol. The predicted molar refractivity (Wildman–Crippen MR) is 68.0 cm³/mol. The quantitative estimate of drug-likeness (QED) is 0.676. The summed E-state index contributed by atoms with van der Waals surface area (Å²) in [6.45, 7) is 2.83. The van der Waals surface area contributed by atoms with Crippen molar-refractivity contribution in [1.29, 1.82) is 0 Å². The van der Waals surface area contributed by atoms with Crippen molar-refractivity contribution in [2.75, 3.05) is 47.9 Å². The van der Waals surface area contributed by atoms with Crippen molar-refractivity contribution in [2.24, 2.45) is 0 Å². The van der Waals surface area contributed by atoms with Gasteiger partial charge in [-0.15, -0.1) is 0 Å². The summed E-state index contributed by atoms with van der Waals surface area (Å²) in [6, 6.07) is 0.375. The van der Waals surface area contributed by atoms with Crippen LogP contribution in [0.25, 0.3) is 0 Å². The molecule has 0 aliphatic carbocycles. The van der Waals surface area contributed by atoms with Gasteiger partial charge in [-0.25, -0.2) is 0 Å². The number of carbonyl (C=O) groups excluding carboxylic acids is 1. The van der Waals surface area contributed by atoms with E-state index in [9.17, 15) is 4.79 Å². The minimum absolute atomic E-state index is 0.181. The van der Waals surface area contributed by atoms with Gasteiger partial charge in [-0.05, 0) is 40.5 Å². The Morgan fingerprint density at radius 3 is 2.82 bits per heavy atom. The molecule has 1 aliphatic rings. The van der Waals surface area contributed by atoms with Crippen LogP contribution >= 0.6 is 0 Å². The lowest BCUT2D eigenvalue weighted by Crippen LogP contribution is -2.51. The number of nitrogens with one attached hydrogen (secondary N) is 1.